The average molecular weight is 436 g/mol. The maximum absolute atomic E-state index is 13.3. The van der Waals surface area contributed by atoms with Crippen LogP contribution in [0.15, 0.2) is 29.3 Å². The van der Waals surface area contributed by atoms with Gasteiger partial charge in [-0.1, -0.05) is 18.6 Å². The summed E-state index contributed by atoms with van der Waals surface area (Å²) in [6.07, 6.45) is 8.17. The van der Waals surface area contributed by atoms with E-state index in [9.17, 15) is 4.79 Å². The number of aryl methyl sites for hydroxylation is 3. The van der Waals surface area contributed by atoms with Crippen molar-refractivity contribution in [1.82, 2.24) is 9.55 Å². The van der Waals surface area contributed by atoms with Gasteiger partial charge in [-0.2, -0.15) is 4.99 Å². The number of thiophene rings is 1. The van der Waals surface area contributed by atoms with Crippen LogP contribution in [-0.2, 0) is 30.6 Å². The monoisotopic (exact) mass is 435 g/mol. The highest BCUT2D eigenvalue weighted by molar-refractivity contribution is 7.18. The first kappa shape index (κ1) is 19.0. The molecule has 1 aliphatic carbocycles. The Bertz CT molecular complexity index is 1240. The third kappa shape index (κ3) is 3.35. The van der Waals surface area contributed by atoms with Gasteiger partial charge in [-0.15, -0.1) is 11.3 Å². The number of carbonyl (C=O) groups excluding carboxylic acids is 1. The second-order valence-corrected chi connectivity index (χ2v) is 9.60. The number of aromatic nitrogens is 2. The van der Waals surface area contributed by atoms with Crippen LogP contribution in [-0.4, -0.2) is 28.2 Å². The van der Waals surface area contributed by atoms with Gasteiger partial charge in [0.1, 0.15) is 22.7 Å². The molecular formula is C24H25N3O3S. The van der Waals surface area contributed by atoms with Gasteiger partial charge in [0.05, 0.1) is 5.39 Å². The summed E-state index contributed by atoms with van der Waals surface area (Å²) < 4.78 is 13.9. The van der Waals surface area contributed by atoms with Gasteiger partial charge in [0.15, 0.2) is 11.5 Å². The lowest BCUT2D eigenvalue weighted by molar-refractivity contribution is -0.127. The Morgan fingerprint density at radius 3 is 2.84 bits per heavy atom. The molecule has 6 rings (SSSR count). The number of benzene rings is 1. The standard InChI is InChI=1S/C24H25N3O3S/c28-23(18-14-29-16-9-4-5-10-17(16)30-18)26-22-21-15-8-3-6-11-19(15)31-24(21)25-20-12-2-1-7-13-27(20)22/h4-5,9-10,18H,1-3,6-8,11-14H2. The quantitative estimate of drug-likeness (QED) is 0.580. The van der Waals surface area contributed by atoms with E-state index in [1.807, 2.05) is 24.3 Å². The van der Waals surface area contributed by atoms with Crippen LogP contribution < -0.4 is 15.0 Å². The van der Waals surface area contributed by atoms with Crippen LogP contribution in [0.4, 0.5) is 0 Å². The maximum Gasteiger partial charge on any atom is 0.292 e. The normalized spacial score (nSPS) is 20.8. The first-order valence-corrected chi connectivity index (χ1v) is 12.1. The average Bonchev–Trinajstić information content (AvgIpc) is 3.00. The third-order valence-electron chi connectivity index (χ3n) is 6.46. The molecule has 3 aromatic rings. The zero-order valence-corrected chi connectivity index (χ0v) is 18.2. The second kappa shape index (κ2) is 7.79. The van der Waals surface area contributed by atoms with Crippen LogP contribution >= 0.6 is 11.3 Å². The predicted molar refractivity (Wildman–Crippen MR) is 119 cm³/mol. The molecule has 160 valence electrons. The molecule has 3 aliphatic rings. The van der Waals surface area contributed by atoms with E-state index >= 15 is 0 Å². The second-order valence-electron chi connectivity index (χ2n) is 8.52. The molecule has 7 heteroatoms. The fraction of sp³-hybridized carbons (Fsp3) is 0.458. The van der Waals surface area contributed by atoms with E-state index < -0.39 is 6.10 Å². The van der Waals surface area contributed by atoms with Crippen molar-refractivity contribution >= 4 is 27.5 Å². The van der Waals surface area contributed by atoms with Crippen LogP contribution in [0.25, 0.3) is 10.2 Å². The Hall–Kier alpha value is -2.67. The molecule has 0 N–H and O–H groups in total. The maximum atomic E-state index is 13.3. The number of hydrogen-bond acceptors (Lipinski definition) is 5. The Morgan fingerprint density at radius 1 is 1.06 bits per heavy atom. The topological polar surface area (TPSA) is 65.7 Å². The Balaban J connectivity index is 1.49. The molecular weight excluding hydrogens is 410 g/mol. The number of hydrogen-bond donors (Lipinski definition) is 0. The highest BCUT2D eigenvalue weighted by Crippen LogP contribution is 2.35. The number of amides is 1. The minimum Gasteiger partial charge on any atom is -0.485 e. The molecule has 31 heavy (non-hydrogen) atoms. The van der Waals surface area contributed by atoms with Crippen molar-refractivity contribution in [1.29, 1.82) is 0 Å². The third-order valence-corrected chi connectivity index (χ3v) is 7.64. The number of carbonyl (C=O) groups is 1. The highest BCUT2D eigenvalue weighted by Gasteiger charge is 2.28. The first-order chi connectivity index (χ1) is 15.3. The molecule has 0 fully saturated rings. The van der Waals surface area contributed by atoms with Gasteiger partial charge in [0, 0.05) is 17.8 Å². The van der Waals surface area contributed by atoms with E-state index in [1.54, 1.807) is 11.3 Å². The van der Waals surface area contributed by atoms with Gasteiger partial charge < -0.3 is 14.0 Å². The molecule has 1 aromatic carbocycles. The molecule has 0 saturated carbocycles. The van der Waals surface area contributed by atoms with Gasteiger partial charge in [-0.3, -0.25) is 4.79 Å². The summed E-state index contributed by atoms with van der Waals surface area (Å²) in [5.74, 6) is 2.05. The van der Waals surface area contributed by atoms with Crippen molar-refractivity contribution in [3.8, 4) is 11.5 Å². The van der Waals surface area contributed by atoms with Gasteiger partial charge in [0.25, 0.3) is 5.91 Å². The molecule has 4 heterocycles. The van der Waals surface area contributed by atoms with Crippen molar-refractivity contribution in [2.75, 3.05) is 6.61 Å². The van der Waals surface area contributed by atoms with E-state index in [0.29, 0.717) is 11.5 Å². The lowest BCUT2D eigenvalue weighted by atomic mass is 9.97. The Labute approximate surface area is 184 Å². The van der Waals surface area contributed by atoms with Crippen molar-refractivity contribution in [3.63, 3.8) is 0 Å². The fourth-order valence-electron chi connectivity index (χ4n) is 4.89. The fourth-order valence-corrected chi connectivity index (χ4v) is 6.16. The van der Waals surface area contributed by atoms with Crippen molar-refractivity contribution in [2.24, 2.45) is 4.99 Å². The highest BCUT2D eigenvalue weighted by atomic mass is 32.1. The number of para-hydroxylation sites is 2. The molecule has 2 aliphatic heterocycles. The molecule has 1 atom stereocenters. The summed E-state index contributed by atoms with van der Waals surface area (Å²) in [4.78, 5) is 25.5. The van der Waals surface area contributed by atoms with Gasteiger partial charge in [-0.25, -0.2) is 4.98 Å². The van der Waals surface area contributed by atoms with Gasteiger partial charge >= 0.3 is 0 Å². The Kier molecular flexibility index (Phi) is 4.78. The molecule has 2 aromatic heterocycles. The Morgan fingerprint density at radius 2 is 1.90 bits per heavy atom. The summed E-state index contributed by atoms with van der Waals surface area (Å²) in [6, 6.07) is 7.46. The summed E-state index contributed by atoms with van der Waals surface area (Å²) in [7, 11) is 0. The first-order valence-electron chi connectivity index (χ1n) is 11.3. The summed E-state index contributed by atoms with van der Waals surface area (Å²) in [5.41, 5.74) is 2.14. The van der Waals surface area contributed by atoms with Crippen molar-refractivity contribution in [2.45, 2.75) is 64.0 Å². The molecule has 6 nitrogen and oxygen atoms in total. The minimum atomic E-state index is -0.727. The van der Waals surface area contributed by atoms with E-state index in [1.165, 1.54) is 29.7 Å². The van der Waals surface area contributed by atoms with Crippen molar-refractivity contribution in [3.05, 3.63) is 46.0 Å². The lowest BCUT2D eigenvalue weighted by Gasteiger charge is -2.24. The molecule has 0 bridgehead atoms. The molecule has 0 radical (unpaired) electrons. The zero-order valence-electron chi connectivity index (χ0n) is 17.4. The zero-order chi connectivity index (χ0) is 20.8. The van der Waals surface area contributed by atoms with E-state index in [0.717, 1.165) is 60.2 Å². The van der Waals surface area contributed by atoms with Gasteiger partial charge in [0.2, 0.25) is 6.10 Å². The smallest absolute Gasteiger partial charge is 0.292 e. The largest absolute Gasteiger partial charge is 0.485 e. The molecule has 1 unspecified atom stereocenters. The number of fused-ring (bicyclic) bond motifs is 5. The van der Waals surface area contributed by atoms with Crippen LogP contribution in [0.1, 0.15) is 48.4 Å². The number of ether oxygens (including phenoxy) is 2. The van der Waals surface area contributed by atoms with E-state index in [-0.39, 0.29) is 12.5 Å². The summed E-state index contributed by atoms with van der Waals surface area (Å²) in [6.45, 7) is 1.04. The summed E-state index contributed by atoms with van der Waals surface area (Å²) >= 11 is 1.80. The SMILES string of the molecule is O=C(N=c1c2c3c(sc2nc2n1CCCCC2)CCCC3)C1COc2ccccc2O1. The van der Waals surface area contributed by atoms with Crippen molar-refractivity contribution < 1.29 is 14.3 Å². The molecule has 1 amide bonds. The minimum absolute atomic E-state index is 0.183. The predicted octanol–water partition coefficient (Wildman–Crippen LogP) is 3.97. The number of nitrogens with zero attached hydrogens (tertiary/aromatic N) is 3. The number of rotatable bonds is 1. The van der Waals surface area contributed by atoms with Crippen LogP contribution in [0.3, 0.4) is 0 Å². The summed E-state index contributed by atoms with van der Waals surface area (Å²) in [5, 5.41) is 1.09. The lowest BCUT2D eigenvalue weighted by Crippen LogP contribution is -2.38. The van der Waals surface area contributed by atoms with Crippen LogP contribution in [0.2, 0.25) is 0 Å². The van der Waals surface area contributed by atoms with E-state index in [4.69, 9.17) is 19.5 Å². The molecule has 0 spiro atoms. The van der Waals surface area contributed by atoms with Gasteiger partial charge in [-0.05, 0) is 56.2 Å². The molecule has 0 saturated heterocycles. The van der Waals surface area contributed by atoms with Crippen LogP contribution in [0, 0.1) is 0 Å². The van der Waals surface area contributed by atoms with E-state index in [2.05, 4.69) is 4.57 Å². The van der Waals surface area contributed by atoms with Crippen LogP contribution in [0.5, 0.6) is 11.5 Å².